The quantitative estimate of drug-likeness (QED) is 0.845. The number of nitriles is 1. The number of sulfonamides is 1. The van der Waals surface area contributed by atoms with E-state index in [-0.39, 0.29) is 10.6 Å². The van der Waals surface area contributed by atoms with Crippen molar-refractivity contribution in [3.05, 3.63) is 24.0 Å². The topological polar surface area (TPSA) is 120 Å². The third-order valence-corrected chi connectivity index (χ3v) is 4.01. The molecule has 20 heavy (non-hydrogen) atoms. The number of pyridine rings is 1. The predicted octanol–water partition coefficient (Wildman–Crippen LogP) is 0.731. The van der Waals surface area contributed by atoms with Crippen molar-refractivity contribution in [2.45, 2.75) is 31.7 Å². The molecule has 1 rings (SSSR count). The SMILES string of the molecule is CC(C)(C)[C@H](NS(=O)(=O)c1cccnc1C#N)C(=O)O. The summed E-state index contributed by atoms with van der Waals surface area (Å²) < 4.78 is 26.5. The number of hydrogen-bond donors (Lipinski definition) is 2. The second-order valence-electron chi connectivity index (χ2n) is 5.22. The molecular formula is C12H15N3O4S. The van der Waals surface area contributed by atoms with Gasteiger partial charge in [0.25, 0.3) is 0 Å². The second kappa shape index (κ2) is 5.56. The van der Waals surface area contributed by atoms with E-state index in [2.05, 4.69) is 9.71 Å². The van der Waals surface area contributed by atoms with Crippen LogP contribution >= 0.6 is 0 Å². The summed E-state index contributed by atoms with van der Waals surface area (Å²) in [4.78, 5) is 14.5. The Hall–Kier alpha value is -1.98. The van der Waals surface area contributed by atoms with Gasteiger partial charge in [0.1, 0.15) is 17.0 Å². The van der Waals surface area contributed by atoms with Crippen LogP contribution in [0.25, 0.3) is 0 Å². The minimum Gasteiger partial charge on any atom is -0.480 e. The summed E-state index contributed by atoms with van der Waals surface area (Å²) in [5.74, 6) is -1.29. The summed E-state index contributed by atoms with van der Waals surface area (Å²) in [6.07, 6.45) is 1.29. The molecule has 0 saturated heterocycles. The molecule has 1 aromatic heterocycles. The molecule has 0 bridgehead atoms. The first kappa shape index (κ1) is 16.1. The molecule has 0 amide bonds. The van der Waals surface area contributed by atoms with Crippen molar-refractivity contribution >= 4 is 16.0 Å². The van der Waals surface area contributed by atoms with E-state index in [1.165, 1.54) is 18.3 Å². The van der Waals surface area contributed by atoms with Crippen LogP contribution in [-0.2, 0) is 14.8 Å². The number of rotatable bonds is 4. The fourth-order valence-corrected chi connectivity index (χ4v) is 3.01. The lowest BCUT2D eigenvalue weighted by molar-refractivity contribution is -0.141. The van der Waals surface area contributed by atoms with Gasteiger partial charge >= 0.3 is 5.97 Å². The Morgan fingerprint density at radius 1 is 1.50 bits per heavy atom. The van der Waals surface area contributed by atoms with E-state index in [0.29, 0.717) is 0 Å². The molecule has 0 aliphatic heterocycles. The van der Waals surface area contributed by atoms with Crippen molar-refractivity contribution in [3.8, 4) is 6.07 Å². The van der Waals surface area contributed by atoms with Crippen LogP contribution in [-0.4, -0.2) is 30.5 Å². The van der Waals surface area contributed by atoms with Crippen LogP contribution in [0.4, 0.5) is 0 Å². The first-order chi connectivity index (χ1) is 9.09. The number of carboxylic acids is 1. The van der Waals surface area contributed by atoms with Gasteiger partial charge in [-0.05, 0) is 17.5 Å². The van der Waals surface area contributed by atoms with Gasteiger partial charge in [-0.3, -0.25) is 4.79 Å². The summed E-state index contributed by atoms with van der Waals surface area (Å²) in [5.41, 5.74) is -1.11. The van der Waals surface area contributed by atoms with E-state index in [0.717, 1.165) is 0 Å². The highest BCUT2D eigenvalue weighted by Crippen LogP contribution is 2.22. The number of aromatic nitrogens is 1. The Balaban J connectivity index is 3.25. The van der Waals surface area contributed by atoms with Crippen molar-refractivity contribution in [2.75, 3.05) is 0 Å². The Bertz CT molecular complexity index is 656. The molecule has 0 fully saturated rings. The number of carboxylic acid groups (broad SMARTS) is 1. The maximum atomic E-state index is 12.2. The lowest BCUT2D eigenvalue weighted by Crippen LogP contribution is -2.49. The molecule has 0 aliphatic carbocycles. The van der Waals surface area contributed by atoms with Crippen LogP contribution in [0.2, 0.25) is 0 Å². The van der Waals surface area contributed by atoms with Gasteiger partial charge in [0.05, 0.1) is 0 Å². The van der Waals surface area contributed by atoms with Gasteiger partial charge < -0.3 is 5.11 Å². The molecule has 7 nitrogen and oxygen atoms in total. The Morgan fingerprint density at radius 3 is 2.55 bits per heavy atom. The highest BCUT2D eigenvalue weighted by Gasteiger charge is 2.36. The summed E-state index contributed by atoms with van der Waals surface area (Å²) in [6.45, 7) is 4.80. The molecule has 108 valence electrons. The lowest BCUT2D eigenvalue weighted by atomic mass is 9.88. The molecule has 0 radical (unpaired) electrons. The lowest BCUT2D eigenvalue weighted by Gasteiger charge is -2.27. The van der Waals surface area contributed by atoms with E-state index in [9.17, 15) is 13.2 Å². The van der Waals surface area contributed by atoms with Gasteiger partial charge in [-0.1, -0.05) is 20.8 Å². The van der Waals surface area contributed by atoms with E-state index in [4.69, 9.17) is 10.4 Å². The molecule has 0 unspecified atom stereocenters. The van der Waals surface area contributed by atoms with Crippen LogP contribution in [0.3, 0.4) is 0 Å². The molecule has 1 aromatic rings. The van der Waals surface area contributed by atoms with Crippen molar-refractivity contribution in [1.29, 1.82) is 5.26 Å². The molecule has 0 spiro atoms. The average Bonchev–Trinajstić information content (AvgIpc) is 2.34. The first-order valence-corrected chi connectivity index (χ1v) is 7.18. The Labute approximate surface area is 117 Å². The van der Waals surface area contributed by atoms with Crippen molar-refractivity contribution in [2.24, 2.45) is 5.41 Å². The highest BCUT2D eigenvalue weighted by atomic mass is 32.2. The third kappa shape index (κ3) is 3.53. The van der Waals surface area contributed by atoms with Crippen molar-refractivity contribution in [1.82, 2.24) is 9.71 Å². The Kier molecular flexibility index (Phi) is 4.47. The van der Waals surface area contributed by atoms with Gasteiger partial charge in [0.15, 0.2) is 5.69 Å². The van der Waals surface area contributed by atoms with Crippen LogP contribution in [0.15, 0.2) is 23.2 Å². The highest BCUT2D eigenvalue weighted by molar-refractivity contribution is 7.89. The molecule has 0 aliphatic rings. The molecule has 8 heteroatoms. The zero-order valence-electron chi connectivity index (χ0n) is 11.3. The summed E-state index contributed by atoms with van der Waals surface area (Å²) in [6, 6.07) is 2.91. The number of nitrogens with zero attached hydrogens (tertiary/aromatic N) is 2. The van der Waals surface area contributed by atoms with E-state index >= 15 is 0 Å². The van der Waals surface area contributed by atoms with Crippen molar-refractivity contribution in [3.63, 3.8) is 0 Å². The van der Waals surface area contributed by atoms with Crippen LogP contribution < -0.4 is 4.72 Å². The smallest absolute Gasteiger partial charge is 0.322 e. The van der Waals surface area contributed by atoms with Gasteiger partial charge in [-0.15, -0.1) is 0 Å². The fourth-order valence-electron chi connectivity index (χ4n) is 1.51. The maximum Gasteiger partial charge on any atom is 0.322 e. The molecule has 2 N–H and O–H groups in total. The van der Waals surface area contributed by atoms with Crippen LogP contribution in [0.5, 0.6) is 0 Å². The first-order valence-electron chi connectivity index (χ1n) is 5.70. The number of carbonyl (C=O) groups is 1. The minimum absolute atomic E-state index is 0.280. The fraction of sp³-hybridized carbons (Fsp3) is 0.417. The normalized spacial score (nSPS) is 13.5. The van der Waals surface area contributed by atoms with Gasteiger partial charge in [0.2, 0.25) is 10.0 Å². The molecule has 0 aromatic carbocycles. The van der Waals surface area contributed by atoms with Gasteiger partial charge in [0, 0.05) is 6.20 Å². The largest absolute Gasteiger partial charge is 0.480 e. The zero-order chi connectivity index (χ0) is 15.6. The van der Waals surface area contributed by atoms with E-state index < -0.39 is 27.4 Å². The van der Waals surface area contributed by atoms with Crippen LogP contribution in [0.1, 0.15) is 26.5 Å². The molecule has 0 saturated carbocycles. The average molecular weight is 297 g/mol. The summed E-state index contributed by atoms with van der Waals surface area (Å²) >= 11 is 0. The molecule has 1 heterocycles. The maximum absolute atomic E-state index is 12.2. The summed E-state index contributed by atoms with van der Waals surface area (Å²) in [5, 5.41) is 18.0. The van der Waals surface area contributed by atoms with Crippen LogP contribution in [0, 0.1) is 16.7 Å². The second-order valence-corrected chi connectivity index (χ2v) is 6.90. The number of aliphatic carboxylic acids is 1. The number of nitrogens with one attached hydrogen (secondary N) is 1. The standard InChI is InChI=1S/C12H15N3O4S/c1-12(2,3)10(11(16)17)15-20(18,19)9-5-4-6-14-8(9)7-13/h4-6,10,15H,1-3H3,(H,16,17)/t10-/m1/s1. The third-order valence-electron chi connectivity index (χ3n) is 2.55. The number of hydrogen-bond acceptors (Lipinski definition) is 5. The molecule has 1 atom stereocenters. The van der Waals surface area contributed by atoms with E-state index in [1.807, 2.05) is 0 Å². The summed E-state index contributed by atoms with van der Waals surface area (Å²) in [7, 11) is -4.15. The van der Waals surface area contributed by atoms with Gasteiger partial charge in [-0.25, -0.2) is 13.4 Å². The van der Waals surface area contributed by atoms with Crippen molar-refractivity contribution < 1.29 is 18.3 Å². The van der Waals surface area contributed by atoms with Gasteiger partial charge in [-0.2, -0.15) is 9.98 Å². The zero-order valence-corrected chi connectivity index (χ0v) is 12.1. The predicted molar refractivity (Wildman–Crippen MR) is 70.2 cm³/mol. The molecular weight excluding hydrogens is 282 g/mol. The van der Waals surface area contributed by atoms with E-state index in [1.54, 1.807) is 26.8 Å². The monoisotopic (exact) mass is 297 g/mol. The minimum atomic E-state index is -4.15. The Morgan fingerprint density at radius 2 is 2.10 bits per heavy atom.